The molecule has 0 aliphatic heterocycles. The maximum atomic E-state index is 12.6. The Labute approximate surface area is 265 Å². The molecule has 0 radical (unpaired) electrons. The number of amides is 2. The number of aliphatic hydroxyl groups excluding tert-OH is 2. The van der Waals surface area contributed by atoms with Crippen LogP contribution in [-0.4, -0.2) is 34.2 Å². The lowest BCUT2D eigenvalue weighted by molar-refractivity contribution is -0.126. The van der Waals surface area contributed by atoms with E-state index in [2.05, 4.69) is 65.8 Å². The van der Waals surface area contributed by atoms with Gasteiger partial charge in [0.1, 0.15) is 0 Å². The molecular weight excluding hydrogens is 579 g/mol. The fourth-order valence-corrected chi connectivity index (χ4v) is 4.87. The van der Waals surface area contributed by atoms with Crippen LogP contribution in [0.2, 0.25) is 0 Å². The molecule has 0 spiro atoms. The molecule has 0 saturated heterocycles. The van der Waals surface area contributed by atoms with E-state index in [1.54, 1.807) is 13.8 Å². The quantitative estimate of drug-likeness (QED) is 0.0525. The van der Waals surface area contributed by atoms with Crippen molar-refractivity contribution in [1.82, 2.24) is 0 Å². The van der Waals surface area contributed by atoms with Crippen molar-refractivity contribution < 1.29 is 33.4 Å². The van der Waals surface area contributed by atoms with Crippen LogP contribution in [0.15, 0.2) is 69.3 Å². The van der Waals surface area contributed by atoms with Gasteiger partial charge in [-0.3, -0.25) is 9.59 Å². The van der Waals surface area contributed by atoms with Gasteiger partial charge >= 0.3 is 8.25 Å². The van der Waals surface area contributed by atoms with Crippen LogP contribution < -0.4 is 11.5 Å². The maximum absolute atomic E-state index is 12.6. The molecule has 10 heteroatoms. The topological polar surface area (TPSA) is 162 Å². The zero-order valence-corrected chi connectivity index (χ0v) is 29.0. The normalized spacial score (nSPS) is 15.0. The fraction of sp³-hybridized carbons (Fsp3) is 0.588. The highest BCUT2D eigenvalue weighted by Gasteiger charge is 2.37. The smallest absolute Gasteiger partial charge is 0.512 e. The first-order valence-electron chi connectivity index (χ1n) is 15.3. The van der Waals surface area contributed by atoms with Crippen LogP contribution in [0, 0.1) is 0 Å². The molecule has 0 aliphatic carbocycles. The molecule has 0 aromatic carbocycles. The molecule has 0 aromatic heterocycles. The van der Waals surface area contributed by atoms with E-state index in [4.69, 9.17) is 20.5 Å². The Morgan fingerprint density at radius 1 is 0.614 bits per heavy atom. The molecule has 0 aromatic rings. The zero-order chi connectivity index (χ0) is 33.8. The molecule has 0 heterocycles. The van der Waals surface area contributed by atoms with E-state index >= 15 is 0 Å². The summed E-state index contributed by atoms with van der Waals surface area (Å²) in [6.45, 7) is 15.9. The van der Waals surface area contributed by atoms with E-state index in [0.29, 0.717) is 36.8 Å². The van der Waals surface area contributed by atoms with E-state index in [-0.39, 0.29) is 24.4 Å². The Bertz CT molecular complexity index is 1070. The number of nitrogens with two attached hydrogens (primary N) is 2. The molecule has 6 N–H and O–H groups in total. The molecule has 2 amide bonds. The summed E-state index contributed by atoms with van der Waals surface area (Å²) in [5.41, 5.74) is 17.2. The monoisotopic (exact) mass is 635 g/mol. The minimum absolute atomic E-state index is 0.100. The van der Waals surface area contributed by atoms with Crippen molar-refractivity contribution in [3.05, 3.63) is 69.3 Å². The molecule has 0 saturated carbocycles. The summed E-state index contributed by atoms with van der Waals surface area (Å²) in [6.07, 6.45) is 11.5. The maximum Gasteiger partial charge on any atom is 0.699 e. The molecule has 44 heavy (non-hydrogen) atoms. The van der Waals surface area contributed by atoms with Gasteiger partial charge in [-0.2, -0.15) is 0 Å². The summed E-state index contributed by atoms with van der Waals surface area (Å²) < 4.78 is 23.0. The van der Waals surface area contributed by atoms with Gasteiger partial charge in [0, 0.05) is 17.4 Å². The molecule has 0 fully saturated rings. The Hall–Kier alpha value is -3.00. The average molecular weight is 636 g/mol. The number of allylic oxidation sites excluding steroid dienone is 10. The summed E-state index contributed by atoms with van der Waals surface area (Å²) in [5, 5.41) is 21.1. The second kappa shape index (κ2) is 22.5. The van der Waals surface area contributed by atoms with Crippen molar-refractivity contribution >= 4 is 20.1 Å². The first kappa shape index (κ1) is 41.0. The number of primary amides is 2. The largest absolute Gasteiger partial charge is 0.699 e. The van der Waals surface area contributed by atoms with Crippen LogP contribution in [0.1, 0.15) is 120 Å². The van der Waals surface area contributed by atoms with Crippen molar-refractivity contribution in [2.75, 3.05) is 0 Å². The van der Waals surface area contributed by atoms with Crippen molar-refractivity contribution in [3.63, 3.8) is 0 Å². The highest BCUT2D eigenvalue weighted by atomic mass is 31.1. The molecule has 248 valence electrons. The van der Waals surface area contributed by atoms with Crippen LogP contribution in [0.5, 0.6) is 0 Å². The molecule has 0 rings (SSSR count). The number of carbonyl (C=O) groups excluding carboxylic acids is 2. The summed E-state index contributed by atoms with van der Waals surface area (Å²) in [6, 6.07) is 0. The number of hydrogen-bond donors (Lipinski definition) is 4. The van der Waals surface area contributed by atoms with Gasteiger partial charge in [-0.25, -0.2) is 0 Å². The van der Waals surface area contributed by atoms with Crippen molar-refractivity contribution in [1.29, 1.82) is 0 Å². The van der Waals surface area contributed by atoms with Gasteiger partial charge in [-0.05, 0) is 118 Å². The first-order chi connectivity index (χ1) is 20.5. The Morgan fingerprint density at radius 2 is 0.932 bits per heavy atom. The van der Waals surface area contributed by atoms with Gasteiger partial charge in [-0.1, -0.05) is 46.6 Å². The average Bonchev–Trinajstić information content (AvgIpc) is 2.91. The van der Waals surface area contributed by atoms with Crippen molar-refractivity contribution in [3.8, 4) is 0 Å². The summed E-state index contributed by atoms with van der Waals surface area (Å²) in [4.78, 5) is 24.0. The van der Waals surface area contributed by atoms with Gasteiger partial charge in [0.2, 0.25) is 12.2 Å². The molecule has 0 bridgehead atoms. The third kappa shape index (κ3) is 20.0. The van der Waals surface area contributed by atoms with Gasteiger partial charge in [0.15, 0.2) is 0 Å². The predicted octanol–water partition coefficient (Wildman–Crippen LogP) is 8.77. The number of hydrogen-bond acceptors (Lipinski definition) is 7. The van der Waals surface area contributed by atoms with Crippen LogP contribution in [0.4, 0.5) is 0 Å². The van der Waals surface area contributed by atoms with E-state index in [0.717, 1.165) is 25.7 Å². The molecule has 0 aliphatic rings. The van der Waals surface area contributed by atoms with Gasteiger partial charge in [-0.15, -0.1) is 9.05 Å². The van der Waals surface area contributed by atoms with Crippen molar-refractivity contribution in [2.45, 2.75) is 132 Å². The SMILES string of the molecule is CC(C)=CCCC(C)=CCCC(C)=C(O)CC(O[P+](=O)OC(CC(O)=C(C)CCC=C(C)CCC=C(C)C)C(N)=O)C(N)=O. The van der Waals surface area contributed by atoms with Crippen LogP contribution in [0.25, 0.3) is 0 Å². The minimum atomic E-state index is -3.03. The second-order valence-corrected chi connectivity index (χ2v) is 12.8. The third-order valence-electron chi connectivity index (χ3n) is 7.01. The Morgan fingerprint density at radius 3 is 1.23 bits per heavy atom. The lowest BCUT2D eigenvalue weighted by atomic mass is 10.0. The zero-order valence-electron chi connectivity index (χ0n) is 28.1. The highest BCUT2D eigenvalue weighted by molar-refractivity contribution is 7.33. The highest BCUT2D eigenvalue weighted by Crippen LogP contribution is 2.32. The second-order valence-electron chi connectivity index (χ2n) is 11.9. The minimum Gasteiger partial charge on any atom is -0.512 e. The standard InChI is InChI=1S/C34H55N2O7P/c1-23(2)13-9-15-25(5)17-11-19-27(7)29(37)21-31(33(35)39)42-44(41)43-32(34(36)40)22-30(38)28(8)20-12-18-26(6)16-10-14-24(3)4/h13-14,17-18,31-32H,9-12,15-16,19-22H2,1-8H3,(H5-,35,36,37,38,39,40)/p+1. The summed E-state index contributed by atoms with van der Waals surface area (Å²) in [7, 11) is -3.03. The fourth-order valence-electron chi connectivity index (χ4n) is 4.05. The lowest BCUT2D eigenvalue weighted by Crippen LogP contribution is -2.32. The van der Waals surface area contributed by atoms with E-state index in [1.807, 2.05) is 0 Å². The van der Waals surface area contributed by atoms with Crippen LogP contribution >= 0.6 is 8.25 Å². The lowest BCUT2D eigenvalue weighted by Gasteiger charge is -2.11. The summed E-state index contributed by atoms with van der Waals surface area (Å²) >= 11 is 0. The van der Waals surface area contributed by atoms with Crippen LogP contribution in [0.3, 0.4) is 0 Å². The number of carbonyl (C=O) groups is 2. The van der Waals surface area contributed by atoms with Crippen molar-refractivity contribution in [2.24, 2.45) is 11.5 Å². The number of rotatable bonds is 22. The predicted molar refractivity (Wildman–Crippen MR) is 179 cm³/mol. The number of aliphatic hydroxyl groups is 2. The molecule has 2 atom stereocenters. The summed E-state index contributed by atoms with van der Waals surface area (Å²) in [5.74, 6) is -2.11. The molecule has 2 unspecified atom stereocenters. The van der Waals surface area contributed by atoms with E-state index in [9.17, 15) is 24.4 Å². The van der Waals surface area contributed by atoms with E-state index < -0.39 is 32.3 Å². The van der Waals surface area contributed by atoms with Crippen LogP contribution in [-0.2, 0) is 23.2 Å². The van der Waals surface area contributed by atoms with Gasteiger partial charge < -0.3 is 21.7 Å². The third-order valence-corrected chi connectivity index (χ3v) is 7.86. The molecular formula is C34H56N2O7P+. The first-order valence-corrected chi connectivity index (χ1v) is 16.4. The van der Waals surface area contributed by atoms with Gasteiger partial charge in [0.25, 0.3) is 11.8 Å². The van der Waals surface area contributed by atoms with E-state index in [1.165, 1.54) is 22.3 Å². The van der Waals surface area contributed by atoms with Gasteiger partial charge in [0.05, 0.1) is 11.5 Å². The Kier molecular flexibility index (Phi) is 21.0. The Balaban J connectivity index is 5.13. The molecule has 9 nitrogen and oxygen atoms in total.